The minimum absolute atomic E-state index is 0.116. The quantitative estimate of drug-likeness (QED) is 0.945. The molecule has 22 heavy (non-hydrogen) atoms. The highest BCUT2D eigenvalue weighted by atomic mass is 16.5. The van der Waals surface area contributed by atoms with Crippen molar-refractivity contribution in [1.82, 2.24) is 10.2 Å². The molecule has 1 aromatic heterocycles. The van der Waals surface area contributed by atoms with Crippen LogP contribution in [0.4, 0.5) is 0 Å². The normalized spacial score (nSPS) is 16.3. The number of Topliss-reactive ketones (excluding diaryl/α,β-unsaturated/α-hetero) is 1. The van der Waals surface area contributed by atoms with Gasteiger partial charge in [-0.15, -0.1) is 0 Å². The monoisotopic (exact) mass is 300 g/mol. The van der Waals surface area contributed by atoms with Crippen molar-refractivity contribution < 1.29 is 14.3 Å². The Bertz CT molecular complexity index is 709. The average Bonchev–Trinajstić information content (AvgIpc) is 2.94. The van der Waals surface area contributed by atoms with E-state index >= 15 is 0 Å². The van der Waals surface area contributed by atoms with Crippen molar-refractivity contribution in [3.8, 4) is 22.8 Å². The van der Waals surface area contributed by atoms with Crippen molar-refractivity contribution >= 4 is 5.78 Å². The molecule has 5 heteroatoms. The van der Waals surface area contributed by atoms with E-state index < -0.39 is 0 Å². The SMILES string of the molecule is COc1cccc(OC)c1-c1n[nH]c2c1C(=O)C(C)(C)CC2. The number of ether oxygens (including phenoxy) is 2. The largest absolute Gasteiger partial charge is 0.496 e. The van der Waals surface area contributed by atoms with Crippen LogP contribution in [0.3, 0.4) is 0 Å². The third-order valence-electron chi connectivity index (χ3n) is 4.35. The van der Waals surface area contributed by atoms with Crippen molar-refractivity contribution in [2.45, 2.75) is 26.7 Å². The predicted molar refractivity (Wildman–Crippen MR) is 83.6 cm³/mol. The molecule has 0 saturated carbocycles. The third-order valence-corrected chi connectivity index (χ3v) is 4.35. The highest BCUT2D eigenvalue weighted by molar-refractivity contribution is 6.07. The summed E-state index contributed by atoms with van der Waals surface area (Å²) in [4.78, 5) is 12.9. The van der Waals surface area contributed by atoms with E-state index in [1.807, 2.05) is 32.0 Å². The summed E-state index contributed by atoms with van der Waals surface area (Å²) in [6.07, 6.45) is 1.64. The molecule has 0 atom stereocenters. The number of ketones is 1. The van der Waals surface area contributed by atoms with E-state index in [4.69, 9.17) is 9.47 Å². The summed E-state index contributed by atoms with van der Waals surface area (Å²) in [5, 5.41) is 7.41. The van der Waals surface area contributed by atoms with Gasteiger partial charge in [0, 0.05) is 11.1 Å². The molecule has 1 aliphatic rings. The number of rotatable bonds is 3. The van der Waals surface area contributed by atoms with Crippen LogP contribution in [0.15, 0.2) is 18.2 Å². The summed E-state index contributed by atoms with van der Waals surface area (Å²) in [6, 6.07) is 5.54. The van der Waals surface area contributed by atoms with Crippen molar-refractivity contribution in [3.05, 3.63) is 29.5 Å². The van der Waals surface area contributed by atoms with Gasteiger partial charge in [-0.1, -0.05) is 19.9 Å². The summed E-state index contributed by atoms with van der Waals surface area (Å²) >= 11 is 0. The number of aromatic amines is 1. The second kappa shape index (κ2) is 5.16. The zero-order valence-corrected chi connectivity index (χ0v) is 13.3. The molecule has 0 bridgehead atoms. The van der Waals surface area contributed by atoms with Crippen LogP contribution in [0.25, 0.3) is 11.3 Å². The number of H-pyrrole nitrogens is 1. The van der Waals surface area contributed by atoms with Gasteiger partial charge in [0.25, 0.3) is 0 Å². The molecule has 0 fully saturated rings. The number of fused-ring (bicyclic) bond motifs is 1. The lowest BCUT2D eigenvalue weighted by Crippen LogP contribution is -2.30. The summed E-state index contributed by atoms with van der Waals surface area (Å²) in [5.41, 5.74) is 2.52. The van der Waals surface area contributed by atoms with Crippen molar-refractivity contribution in [2.75, 3.05) is 14.2 Å². The molecule has 0 radical (unpaired) electrons. The molecule has 1 aliphatic carbocycles. The zero-order valence-electron chi connectivity index (χ0n) is 13.3. The summed E-state index contributed by atoms with van der Waals surface area (Å²) in [6.45, 7) is 3.96. The number of benzene rings is 1. The molecule has 0 spiro atoms. The first kappa shape index (κ1) is 14.6. The molecule has 5 nitrogen and oxygen atoms in total. The van der Waals surface area contributed by atoms with Gasteiger partial charge in [0.15, 0.2) is 5.78 Å². The van der Waals surface area contributed by atoms with E-state index in [0.29, 0.717) is 22.8 Å². The smallest absolute Gasteiger partial charge is 0.172 e. The maximum Gasteiger partial charge on any atom is 0.172 e. The van der Waals surface area contributed by atoms with E-state index in [-0.39, 0.29) is 11.2 Å². The second-order valence-electron chi connectivity index (χ2n) is 6.18. The van der Waals surface area contributed by atoms with E-state index in [1.165, 1.54) is 0 Å². The topological polar surface area (TPSA) is 64.2 Å². The molecular formula is C17H20N2O3. The van der Waals surface area contributed by atoms with Crippen molar-refractivity contribution in [2.24, 2.45) is 5.41 Å². The molecule has 0 unspecified atom stereocenters. The fourth-order valence-corrected chi connectivity index (χ4v) is 2.96. The van der Waals surface area contributed by atoms with Gasteiger partial charge >= 0.3 is 0 Å². The van der Waals surface area contributed by atoms with Crippen LogP contribution in [0.5, 0.6) is 11.5 Å². The minimum Gasteiger partial charge on any atom is -0.496 e. The van der Waals surface area contributed by atoms with Crippen LogP contribution >= 0.6 is 0 Å². The Morgan fingerprint density at radius 3 is 2.36 bits per heavy atom. The van der Waals surface area contributed by atoms with Gasteiger partial charge < -0.3 is 9.47 Å². The highest BCUT2D eigenvalue weighted by Crippen LogP contribution is 2.43. The molecule has 0 amide bonds. The first-order valence-corrected chi connectivity index (χ1v) is 7.33. The molecule has 1 heterocycles. The minimum atomic E-state index is -0.374. The maximum absolute atomic E-state index is 12.9. The van der Waals surface area contributed by atoms with Crippen LogP contribution < -0.4 is 9.47 Å². The first-order chi connectivity index (χ1) is 10.5. The molecule has 0 saturated heterocycles. The Hall–Kier alpha value is -2.30. The van der Waals surface area contributed by atoms with Crippen LogP contribution in [-0.2, 0) is 6.42 Å². The molecule has 3 rings (SSSR count). The Balaban J connectivity index is 2.25. The van der Waals surface area contributed by atoms with E-state index in [1.54, 1.807) is 14.2 Å². The van der Waals surface area contributed by atoms with Gasteiger partial charge in [-0.2, -0.15) is 5.10 Å². The molecule has 1 aromatic carbocycles. The van der Waals surface area contributed by atoms with Crippen molar-refractivity contribution in [1.29, 1.82) is 0 Å². The Morgan fingerprint density at radius 1 is 1.14 bits per heavy atom. The standard InChI is InChI=1S/C17H20N2O3/c1-17(2)9-8-10-13(16(17)20)15(19-18-10)14-11(21-3)6-5-7-12(14)22-4/h5-7H,8-9H2,1-4H3,(H,18,19). The third kappa shape index (κ3) is 2.08. The van der Waals surface area contributed by atoms with Gasteiger partial charge in [0.1, 0.15) is 17.2 Å². The van der Waals surface area contributed by atoms with E-state index in [0.717, 1.165) is 24.1 Å². The highest BCUT2D eigenvalue weighted by Gasteiger charge is 2.38. The number of hydrogen-bond donors (Lipinski definition) is 1. The maximum atomic E-state index is 12.9. The van der Waals surface area contributed by atoms with Crippen molar-refractivity contribution in [3.63, 3.8) is 0 Å². The number of methoxy groups -OCH3 is 2. The fourth-order valence-electron chi connectivity index (χ4n) is 2.96. The lowest BCUT2D eigenvalue weighted by molar-refractivity contribution is 0.0811. The average molecular weight is 300 g/mol. The van der Waals surface area contributed by atoms with Gasteiger partial charge in [0.05, 0.1) is 25.3 Å². The molecule has 0 aliphatic heterocycles. The number of aromatic nitrogens is 2. The second-order valence-corrected chi connectivity index (χ2v) is 6.18. The summed E-state index contributed by atoms with van der Waals surface area (Å²) in [7, 11) is 3.20. The number of carbonyl (C=O) groups is 1. The molecule has 2 aromatic rings. The number of hydrogen-bond acceptors (Lipinski definition) is 4. The van der Waals surface area contributed by atoms with Gasteiger partial charge in [-0.05, 0) is 25.0 Å². The van der Waals surface area contributed by atoms with Crippen LogP contribution in [0.1, 0.15) is 36.3 Å². The van der Waals surface area contributed by atoms with Crippen LogP contribution in [-0.4, -0.2) is 30.2 Å². The Labute approximate surface area is 129 Å². The van der Waals surface area contributed by atoms with Gasteiger partial charge in [-0.3, -0.25) is 9.89 Å². The van der Waals surface area contributed by atoms with E-state index in [9.17, 15) is 4.79 Å². The lowest BCUT2D eigenvalue weighted by Gasteiger charge is -2.27. The summed E-state index contributed by atoms with van der Waals surface area (Å²) < 4.78 is 10.9. The zero-order chi connectivity index (χ0) is 15.9. The number of aryl methyl sites for hydroxylation is 1. The molecule has 1 N–H and O–H groups in total. The number of carbonyl (C=O) groups excluding carboxylic acids is 1. The molecule has 116 valence electrons. The molecular weight excluding hydrogens is 280 g/mol. The predicted octanol–water partition coefficient (Wildman–Crippen LogP) is 3.25. The van der Waals surface area contributed by atoms with Gasteiger partial charge in [-0.25, -0.2) is 0 Å². The van der Waals surface area contributed by atoms with Gasteiger partial charge in [0.2, 0.25) is 0 Å². The van der Waals surface area contributed by atoms with Crippen LogP contribution in [0, 0.1) is 5.41 Å². The Morgan fingerprint density at radius 2 is 1.77 bits per heavy atom. The first-order valence-electron chi connectivity index (χ1n) is 7.33. The fraction of sp³-hybridized carbons (Fsp3) is 0.412. The number of nitrogens with one attached hydrogen (secondary N) is 1. The number of nitrogens with zero attached hydrogens (tertiary/aromatic N) is 1. The van der Waals surface area contributed by atoms with E-state index in [2.05, 4.69) is 10.2 Å². The Kier molecular flexibility index (Phi) is 3.43. The van der Waals surface area contributed by atoms with Crippen LogP contribution in [0.2, 0.25) is 0 Å². The summed E-state index contributed by atoms with van der Waals surface area (Å²) in [5.74, 6) is 1.40. The lowest BCUT2D eigenvalue weighted by atomic mass is 9.74.